The Kier molecular flexibility index (Phi) is 4.28. The van der Waals surface area contributed by atoms with Crippen LogP contribution in [0.1, 0.15) is 15.9 Å². The molecule has 0 heterocycles. The first-order valence-electron chi connectivity index (χ1n) is 6.18. The van der Waals surface area contributed by atoms with Crippen LogP contribution in [0.2, 0.25) is 0 Å². The minimum absolute atomic E-state index is 0.141. The minimum atomic E-state index is -3.44. The molecule has 21 heavy (non-hydrogen) atoms. The number of nitrogen functional groups attached to an aromatic ring is 1. The standard InChI is InChI=1S/C15H15NO4S/c1-20-15(17)12-4-2-11(3-5-12)10-21(18,19)14-8-6-13(16)7-9-14/h2-9H,10,16H2,1H3. The summed E-state index contributed by atoms with van der Waals surface area (Å²) in [5.74, 6) is -0.596. The maximum absolute atomic E-state index is 12.3. The Morgan fingerprint density at radius 1 is 1.05 bits per heavy atom. The van der Waals surface area contributed by atoms with Gasteiger partial charge in [-0.15, -0.1) is 0 Å². The van der Waals surface area contributed by atoms with Crippen molar-refractivity contribution in [3.8, 4) is 0 Å². The van der Waals surface area contributed by atoms with Crippen LogP contribution in [0.3, 0.4) is 0 Å². The highest BCUT2D eigenvalue weighted by atomic mass is 32.2. The van der Waals surface area contributed by atoms with Gasteiger partial charge in [0.25, 0.3) is 0 Å². The number of ether oxygens (including phenoxy) is 1. The van der Waals surface area contributed by atoms with Crippen molar-refractivity contribution < 1.29 is 17.9 Å². The molecule has 0 aliphatic carbocycles. The molecule has 0 saturated carbocycles. The molecule has 5 nitrogen and oxygen atoms in total. The molecule has 0 saturated heterocycles. The molecular formula is C15H15NO4S. The molecule has 2 aromatic rings. The maximum atomic E-state index is 12.3. The molecule has 110 valence electrons. The number of rotatable bonds is 4. The predicted molar refractivity (Wildman–Crippen MR) is 79.5 cm³/mol. The van der Waals surface area contributed by atoms with E-state index in [4.69, 9.17) is 5.73 Å². The molecule has 6 heteroatoms. The van der Waals surface area contributed by atoms with Crippen molar-refractivity contribution in [1.82, 2.24) is 0 Å². The zero-order chi connectivity index (χ0) is 15.5. The first-order valence-corrected chi connectivity index (χ1v) is 7.83. The third-order valence-electron chi connectivity index (χ3n) is 2.97. The average molecular weight is 305 g/mol. The van der Waals surface area contributed by atoms with Crippen LogP contribution in [0.4, 0.5) is 5.69 Å². The van der Waals surface area contributed by atoms with Gasteiger partial charge >= 0.3 is 5.97 Å². The Morgan fingerprint density at radius 2 is 1.62 bits per heavy atom. The van der Waals surface area contributed by atoms with Gasteiger partial charge in [0.15, 0.2) is 9.84 Å². The van der Waals surface area contributed by atoms with E-state index < -0.39 is 15.8 Å². The lowest BCUT2D eigenvalue weighted by Gasteiger charge is -2.06. The Hall–Kier alpha value is -2.34. The van der Waals surface area contributed by atoms with Gasteiger partial charge in [0, 0.05) is 5.69 Å². The number of esters is 1. The zero-order valence-electron chi connectivity index (χ0n) is 11.4. The van der Waals surface area contributed by atoms with Gasteiger partial charge in [-0.3, -0.25) is 0 Å². The van der Waals surface area contributed by atoms with Crippen molar-refractivity contribution in [2.75, 3.05) is 12.8 Å². The second-order valence-corrected chi connectivity index (χ2v) is 6.51. The first-order chi connectivity index (χ1) is 9.92. The second kappa shape index (κ2) is 5.97. The number of nitrogens with two attached hydrogens (primary N) is 1. The highest BCUT2D eigenvalue weighted by molar-refractivity contribution is 7.90. The summed E-state index contributed by atoms with van der Waals surface area (Å²) in [7, 11) is -2.15. The van der Waals surface area contributed by atoms with E-state index in [0.29, 0.717) is 16.8 Å². The molecule has 2 N–H and O–H groups in total. The lowest BCUT2D eigenvalue weighted by Crippen LogP contribution is -2.06. The Bertz CT molecular complexity index is 734. The summed E-state index contributed by atoms with van der Waals surface area (Å²) < 4.78 is 29.1. The molecule has 0 aromatic heterocycles. The largest absolute Gasteiger partial charge is 0.465 e. The summed E-state index contributed by atoms with van der Waals surface area (Å²) in [6.45, 7) is 0. The summed E-state index contributed by atoms with van der Waals surface area (Å²) in [4.78, 5) is 11.5. The van der Waals surface area contributed by atoms with Crippen LogP contribution in [-0.4, -0.2) is 21.5 Å². The smallest absolute Gasteiger partial charge is 0.337 e. The van der Waals surface area contributed by atoms with Gasteiger partial charge in [0.05, 0.1) is 23.3 Å². The molecule has 0 amide bonds. The van der Waals surface area contributed by atoms with Crippen molar-refractivity contribution in [1.29, 1.82) is 0 Å². The van der Waals surface area contributed by atoms with E-state index in [1.807, 2.05) is 0 Å². The van der Waals surface area contributed by atoms with Crippen LogP contribution in [0.25, 0.3) is 0 Å². The van der Waals surface area contributed by atoms with E-state index in [1.165, 1.54) is 19.2 Å². The summed E-state index contributed by atoms with van der Waals surface area (Å²) >= 11 is 0. The van der Waals surface area contributed by atoms with Crippen molar-refractivity contribution in [3.05, 3.63) is 59.7 Å². The third kappa shape index (κ3) is 3.61. The van der Waals surface area contributed by atoms with E-state index in [0.717, 1.165) is 0 Å². The molecule has 0 radical (unpaired) electrons. The van der Waals surface area contributed by atoms with Gasteiger partial charge < -0.3 is 10.5 Å². The number of carbonyl (C=O) groups excluding carboxylic acids is 1. The van der Waals surface area contributed by atoms with Crippen LogP contribution >= 0.6 is 0 Å². The molecule has 2 aromatic carbocycles. The summed E-state index contributed by atoms with van der Waals surface area (Å²) in [6, 6.07) is 12.3. The molecule has 0 spiro atoms. The predicted octanol–water partition coefficient (Wildman–Crippen LogP) is 2.03. The van der Waals surface area contributed by atoms with E-state index in [2.05, 4.69) is 4.74 Å². The Labute approximate surface area is 123 Å². The number of carbonyl (C=O) groups is 1. The van der Waals surface area contributed by atoms with E-state index in [1.54, 1.807) is 36.4 Å². The maximum Gasteiger partial charge on any atom is 0.337 e. The molecular weight excluding hydrogens is 290 g/mol. The van der Waals surface area contributed by atoms with Crippen LogP contribution in [0.15, 0.2) is 53.4 Å². The monoisotopic (exact) mass is 305 g/mol. The van der Waals surface area contributed by atoms with Crippen molar-refractivity contribution >= 4 is 21.5 Å². The van der Waals surface area contributed by atoms with E-state index in [9.17, 15) is 13.2 Å². The zero-order valence-corrected chi connectivity index (χ0v) is 12.3. The number of sulfone groups is 1. The van der Waals surface area contributed by atoms with Crippen LogP contribution in [-0.2, 0) is 20.3 Å². The molecule has 0 aliphatic rings. The number of hydrogen-bond acceptors (Lipinski definition) is 5. The highest BCUT2D eigenvalue weighted by Gasteiger charge is 2.15. The SMILES string of the molecule is COC(=O)c1ccc(CS(=O)(=O)c2ccc(N)cc2)cc1. The van der Waals surface area contributed by atoms with Gasteiger partial charge in [0.2, 0.25) is 0 Å². The van der Waals surface area contributed by atoms with Crippen molar-refractivity contribution in [2.24, 2.45) is 0 Å². The normalized spacial score (nSPS) is 11.1. The fraction of sp³-hybridized carbons (Fsp3) is 0.133. The third-order valence-corrected chi connectivity index (χ3v) is 4.67. The fourth-order valence-corrected chi connectivity index (χ4v) is 3.18. The fourth-order valence-electron chi connectivity index (χ4n) is 1.83. The highest BCUT2D eigenvalue weighted by Crippen LogP contribution is 2.18. The molecule has 0 aliphatic heterocycles. The number of benzene rings is 2. The Morgan fingerprint density at radius 3 is 2.14 bits per heavy atom. The average Bonchev–Trinajstić information content (AvgIpc) is 2.47. The van der Waals surface area contributed by atoms with Gasteiger partial charge in [0.1, 0.15) is 0 Å². The van der Waals surface area contributed by atoms with Crippen LogP contribution in [0, 0.1) is 0 Å². The lowest BCUT2D eigenvalue weighted by atomic mass is 10.1. The molecule has 0 bridgehead atoms. The minimum Gasteiger partial charge on any atom is -0.465 e. The first kappa shape index (κ1) is 15.1. The van der Waals surface area contributed by atoms with Crippen molar-refractivity contribution in [2.45, 2.75) is 10.6 Å². The molecule has 0 atom stereocenters. The number of anilines is 1. The Balaban J connectivity index is 2.20. The molecule has 0 fully saturated rings. The molecule has 0 unspecified atom stereocenters. The van der Waals surface area contributed by atoms with E-state index >= 15 is 0 Å². The van der Waals surface area contributed by atoms with Crippen molar-refractivity contribution in [3.63, 3.8) is 0 Å². The number of methoxy groups -OCH3 is 1. The summed E-state index contributed by atoms with van der Waals surface area (Å²) in [5, 5.41) is 0. The quantitative estimate of drug-likeness (QED) is 0.690. The van der Waals surface area contributed by atoms with Gasteiger partial charge in [-0.25, -0.2) is 13.2 Å². The van der Waals surface area contributed by atoms with Crippen LogP contribution in [0.5, 0.6) is 0 Å². The lowest BCUT2D eigenvalue weighted by molar-refractivity contribution is 0.0600. The molecule has 2 rings (SSSR count). The summed E-state index contributed by atoms with van der Waals surface area (Å²) in [6.07, 6.45) is 0. The second-order valence-electron chi connectivity index (χ2n) is 4.52. The van der Waals surface area contributed by atoms with Gasteiger partial charge in [-0.2, -0.15) is 0 Å². The summed E-state index contributed by atoms with van der Waals surface area (Å²) in [5.41, 5.74) is 7.03. The number of hydrogen-bond donors (Lipinski definition) is 1. The van der Waals surface area contributed by atoms with Gasteiger partial charge in [-0.1, -0.05) is 12.1 Å². The van der Waals surface area contributed by atoms with Crippen LogP contribution < -0.4 is 5.73 Å². The topological polar surface area (TPSA) is 86.5 Å². The van der Waals surface area contributed by atoms with Gasteiger partial charge in [-0.05, 0) is 42.0 Å². The van der Waals surface area contributed by atoms with E-state index in [-0.39, 0.29) is 10.6 Å².